The number of fused-ring (bicyclic) bond motifs is 3. The van der Waals surface area contributed by atoms with Crippen LogP contribution in [0.3, 0.4) is 0 Å². The maximum atomic E-state index is 13.2. The number of nitrogens with one attached hydrogen (secondary N) is 3. The summed E-state index contributed by atoms with van der Waals surface area (Å²) in [6.07, 6.45) is 0. The van der Waals surface area contributed by atoms with Crippen molar-refractivity contribution >= 4 is 5.69 Å². The van der Waals surface area contributed by atoms with Crippen LogP contribution >= 0.6 is 0 Å². The summed E-state index contributed by atoms with van der Waals surface area (Å²) < 4.78 is 13.2. The number of rotatable bonds is 0. The SMILES string of the molecule is CC1NNC2c3cc(F)ccc3NCC12. The normalized spacial score (nSPS) is 33.1. The second kappa shape index (κ2) is 3.18. The maximum Gasteiger partial charge on any atom is 0.123 e. The van der Waals surface area contributed by atoms with Crippen LogP contribution in [0.1, 0.15) is 18.5 Å². The van der Waals surface area contributed by atoms with Gasteiger partial charge in [0.05, 0.1) is 6.04 Å². The molecule has 2 heterocycles. The van der Waals surface area contributed by atoms with Crippen molar-refractivity contribution in [2.45, 2.75) is 19.0 Å². The molecule has 1 aromatic rings. The van der Waals surface area contributed by atoms with Gasteiger partial charge in [0.25, 0.3) is 0 Å². The number of halogens is 1. The fourth-order valence-corrected chi connectivity index (χ4v) is 2.51. The lowest BCUT2D eigenvalue weighted by Gasteiger charge is -2.29. The molecule has 0 bridgehead atoms. The summed E-state index contributed by atoms with van der Waals surface area (Å²) in [7, 11) is 0. The summed E-state index contributed by atoms with van der Waals surface area (Å²) in [5.74, 6) is 0.317. The van der Waals surface area contributed by atoms with Crippen LogP contribution in [-0.2, 0) is 0 Å². The Morgan fingerprint density at radius 1 is 1.33 bits per heavy atom. The van der Waals surface area contributed by atoms with E-state index in [1.807, 2.05) is 6.07 Å². The van der Waals surface area contributed by atoms with Gasteiger partial charge in [-0.2, -0.15) is 0 Å². The van der Waals surface area contributed by atoms with Gasteiger partial charge in [-0.3, -0.25) is 5.43 Å². The fourth-order valence-electron chi connectivity index (χ4n) is 2.51. The van der Waals surface area contributed by atoms with Crippen molar-refractivity contribution in [1.82, 2.24) is 10.9 Å². The van der Waals surface area contributed by atoms with Crippen molar-refractivity contribution in [2.75, 3.05) is 11.9 Å². The van der Waals surface area contributed by atoms with Gasteiger partial charge in [-0.05, 0) is 30.7 Å². The zero-order valence-electron chi connectivity index (χ0n) is 8.55. The van der Waals surface area contributed by atoms with Crippen LogP contribution in [0.2, 0.25) is 0 Å². The number of hydrazine groups is 1. The van der Waals surface area contributed by atoms with Gasteiger partial charge in [0.1, 0.15) is 5.82 Å². The van der Waals surface area contributed by atoms with Crippen LogP contribution in [0.25, 0.3) is 0 Å². The maximum absolute atomic E-state index is 13.2. The highest BCUT2D eigenvalue weighted by Gasteiger charge is 2.37. The molecule has 1 saturated heterocycles. The average molecular weight is 207 g/mol. The Bertz CT molecular complexity index is 393. The first-order valence-corrected chi connectivity index (χ1v) is 5.30. The zero-order valence-corrected chi connectivity index (χ0v) is 8.55. The Balaban J connectivity index is 2.04. The van der Waals surface area contributed by atoms with E-state index in [2.05, 4.69) is 23.1 Å². The van der Waals surface area contributed by atoms with Gasteiger partial charge >= 0.3 is 0 Å². The molecular formula is C11H14FN3. The van der Waals surface area contributed by atoms with Crippen molar-refractivity contribution in [1.29, 1.82) is 0 Å². The smallest absolute Gasteiger partial charge is 0.123 e. The van der Waals surface area contributed by atoms with Gasteiger partial charge in [-0.1, -0.05) is 0 Å². The Morgan fingerprint density at radius 3 is 3.07 bits per heavy atom. The number of benzene rings is 1. The van der Waals surface area contributed by atoms with E-state index >= 15 is 0 Å². The van der Waals surface area contributed by atoms with Crippen LogP contribution in [0.5, 0.6) is 0 Å². The van der Waals surface area contributed by atoms with Gasteiger partial charge in [-0.15, -0.1) is 0 Å². The molecule has 3 atom stereocenters. The molecule has 0 radical (unpaired) electrons. The first-order valence-electron chi connectivity index (χ1n) is 5.30. The van der Waals surface area contributed by atoms with E-state index in [1.165, 1.54) is 6.07 Å². The topological polar surface area (TPSA) is 36.1 Å². The number of hydrogen-bond donors (Lipinski definition) is 3. The molecular weight excluding hydrogens is 193 g/mol. The average Bonchev–Trinajstić information content (AvgIpc) is 2.61. The van der Waals surface area contributed by atoms with Gasteiger partial charge < -0.3 is 5.32 Å². The Kier molecular flexibility index (Phi) is 1.94. The van der Waals surface area contributed by atoms with Crippen molar-refractivity contribution in [3.8, 4) is 0 Å². The highest BCUT2D eigenvalue weighted by molar-refractivity contribution is 5.55. The summed E-state index contributed by atoms with van der Waals surface area (Å²) in [5, 5.41) is 3.34. The molecule has 3 nitrogen and oxygen atoms in total. The summed E-state index contributed by atoms with van der Waals surface area (Å²) in [4.78, 5) is 0. The summed E-state index contributed by atoms with van der Waals surface area (Å²) in [5.41, 5.74) is 8.52. The first-order chi connectivity index (χ1) is 7.25. The van der Waals surface area contributed by atoms with Crippen LogP contribution in [0.4, 0.5) is 10.1 Å². The van der Waals surface area contributed by atoms with E-state index in [0.29, 0.717) is 12.0 Å². The molecule has 0 saturated carbocycles. The van der Waals surface area contributed by atoms with E-state index < -0.39 is 0 Å². The van der Waals surface area contributed by atoms with Gasteiger partial charge in [0.15, 0.2) is 0 Å². The van der Waals surface area contributed by atoms with Crippen molar-refractivity contribution in [2.24, 2.45) is 5.92 Å². The lowest BCUT2D eigenvalue weighted by Crippen LogP contribution is -2.32. The summed E-state index contributed by atoms with van der Waals surface area (Å²) in [6.45, 7) is 3.08. The molecule has 0 spiro atoms. The number of hydrogen-bond acceptors (Lipinski definition) is 3. The van der Waals surface area contributed by atoms with E-state index in [1.54, 1.807) is 6.07 Å². The molecule has 0 aliphatic carbocycles. The van der Waals surface area contributed by atoms with E-state index in [4.69, 9.17) is 0 Å². The number of anilines is 1. The largest absolute Gasteiger partial charge is 0.384 e. The molecule has 3 N–H and O–H groups in total. The van der Waals surface area contributed by atoms with E-state index in [9.17, 15) is 4.39 Å². The molecule has 2 aliphatic rings. The highest BCUT2D eigenvalue weighted by Crippen LogP contribution is 2.37. The lowest BCUT2D eigenvalue weighted by atomic mass is 9.86. The van der Waals surface area contributed by atoms with Gasteiger partial charge in [0, 0.05) is 24.2 Å². The minimum Gasteiger partial charge on any atom is -0.384 e. The molecule has 0 aromatic heterocycles. The van der Waals surface area contributed by atoms with Crippen LogP contribution in [-0.4, -0.2) is 12.6 Å². The lowest BCUT2D eigenvalue weighted by molar-refractivity contribution is 0.442. The molecule has 2 aliphatic heterocycles. The molecule has 15 heavy (non-hydrogen) atoms. The summed E-state index contributed by atoms with van der Waals surface area (Å²) in [6, 6.07) is 5.57. The second-order valence-electron chi connectivity index (χ2n) is 4.33. The van der Waals surface area contributed by atoms with Crippen LogP contribution in [0.15, 0.2) is 18.2 Å². The fraction of sp³-hybridized carbons (Fsp3) is 0.455. The zero-order chi connectivity index (χ0) is 10.4. The third-order valence-corrected chi connectivity index (χ3v) is 3.41. The molecule has 0 amide bonds. The van der Waals surface area contributed by atoms with E-state index in [0.717, 1.165) is 17.8 Å². The minimum absolute atomic E-state index is 0.169. The van der Waals surface area contributed by atoms with Crippen molar-refractivity contribution in [3.05, 3.63) is 29.6 Å². The Hall–Kier alpha value is -1.13. The van der Waals surface area contributed by atoms with Crippen molar-refractivity contribution in [3.63, 3.8) is 0 Å². The molecule has 80 valence electrons. The second-order valence-corrected chi connectivity index (χ2v) is 4.33. The molecule has 1 fully saturated rings. The molecule has 1 aromatic carbocycles. The third kappa shape index (κ3) is 1.33. The Labute approximate surface area is 88.0 Å². The standard InChI is InChI=1S/C11H14FN3/c1-6-9-5-13-10-3-2-7(12)4-8(10)11(9)15-14-6/h2-4,6,9,11,13-15H,5H2,1H3. The molecule has 3 unspecified atom stereocenters. The van der Waals surface area contributed by atoms with Gasteiger partial charge in [0.2, 0.25) is 0 Å². The molecule has 3 rings (SSSR count). The third-order valence-electron chi connectivity index (χ3n) is 3.41. The predicted octanol–water partition coefficient (Wildman–Crippen LogP) is 1.40. The first kappa shape index (κ1) is 9.12. The highest BCUT2D eigenvalue weighted by atomic mass is 19.1. The molecule has 4 heteroatoms. The van der Waals surface area contributed by atoms with Gasteiger partial charge in [-0.25, -0.2) is 9.82 Å². The van der Waals surface area contributed by atoms with E-state index in [-0.39, 0.29) is 11.9 Å². The summed E-state index contributed by atoms with van der Waals surface area (Å²) >= 11 is 0. The Morgan fingerprint density at radius 2 is 2.20 bits per heavy atom. The minimum atomic E-state index is -0.169. The van der Waals surface area contributed by atoms with Crippen LogP contribution < -0.4 is 16.2 Å². The van der Waals surface area contributed by atoms with Crippen molar-refractivity contribution < 1.29 is 4.39 Å². The predicted molar refractivity (Wildman–Crippen MR) is 56.9 cm³/mol. The van der Waals surface area contributed by atoms with Crippen LogP contribution in [0, 0.1) is 11.7 Å². The quantitative estimate of drug-likeness (QED) is 0.602. The monoisotopic (exact) mass is 207 g/mol.